The number of carbonyl (C=O) groups excluding carboxylic acids is 1. The Morgan fingerprint density at radius 1 is 1.00 bits per heavy atom. The average molecular weight is 444 g/mol. The predicted octanol–water partition coefficient (Wildman–Crippen LogP) is 5.12. The van der Waals surface area contributed by atoms with Gasteiger partial charge in [-0.15, -0.1) is 12.4 Å². The van der Waals surface area contributed by atoms with E-state index in [1.807, 2.05) is 13.8 Å². The Morgan fingerprint density at radius 2 is 1.66 bits per heavy atom. The quantitative estimate of drug-likeness (QED) is 0.508. The first-order valence-corrected chi connectivity index (χ1v) is 9.80. The van der Waals surface area contributed by atoms with E-state index < -0.39 is 17.5 Å². The fourth-order valence-electron chi connectivity index (χ4n) is 2.87. The maximum atomic E-state index is 14.1. The fourth-order valence-corrected chi connectivity index (χ4v) is 3.90. The first-order valence-electron chi connectivity index (χ1n) is 8.98. The molecule has 2 aromatic carbocycles. The van der Waals surface area contributed by atoms with E-state index in [4.69, 9.17) is 0 Å². The molecule has 1 aromatic heterocycles. The van der Waals surface area contributed by atoms with Crippen molar-refractivity contribution >= 4 is 45.0 Å². The number of amides is 1. The molecule has 0 unspecified atom stereocenters. The molecule has 29 heavy (non-hydrogen) atoms. The maximum Gasteiger partial charge on any atom is 0.260 e. The number of carbonyl (C=O) groups is 1. The van der Waals surface area contributed by atoms with Gasteiger partial charge < -0.3 is 4.90 Å². The lowest BCUT2D eigenvalue weighted by molar-refractivity contribution is 0.0983. The van der Waals surface area contributed by atoms with Crippen LogP contribution < -0.4 is 4.90 Å². The summed E-state index contributed by atoms with van der Waals surface area (Å²) < 4.78 is 41.1. The minimum atomic E-state index is -0.768. The van der Waals surface area contributed by atoms with E-state index in [-0.39, 0.29) is 29.0 Å². The minimum Gasteiger partial charge on any atom is -0.302 e. The monoisotopic (exact) mass is 443 g/mol. The first-order chi connectivity index (χ1) is 13.4. The largest absolute Gasteiger partial charge is 0.302 e. The van der Waals surface area contributed by atoms with E-state index in [9.17, 15) is 18.0 Å². The predicted molar refractivity (Wildman–Crippen MR) is 113 cm³/mol. The number of likely N-dealkylation sites (N-methyl/N-ethyl adjacent to an activating group) is 1. The van der Waals surface area contributed by atoms with Crippen LogP contribution in [0.1, 0.15) is 24.2 Å². The molecule has 0 aliphatic rings. The van der Waals surface area contributed by atoms with Gasteiger partial charge in [0.25, 0.3) is 5.91 Å². The molecule has 0 N–H and O–H groups in total. The number of hydrogen-bond acceptors (Lipinski definition) is 4. The van der Waals surface area contributed by atoms with E-state index in [1.165, 1.54) is 35.2 Å². The van der Waals surface area contributed by atoms with Crippen LogP contribution in [0.2, 0.25) is 0 Å². The van der Waals surface area contributed by atoms with Crippen LogP contribution in [-0.2, 0) is 0 Å². The second-order valence-corrected chi connectivity index (χ2v) is 7.23. The molecule has 0 spiro atoms. The molecule has 0 atom stereocenters. The third-order valence-corrected chi connectivity index (χ3v) is 5.53. The van der Waals surface area contributed by atoms with Crippen molar-refractivity contribution in [2.45, 2.75) is 13.8 Å². The van der Waals surface area contributed by atoms with Gasteiger partial charge in [0, 0.05) is 24.7 Å². The molecule has 9 heteroatoms. The lowest BCUT2D eigenvalue weighted by atomic mass is 10.2. The van der Waals surface area contributed by atoms with Crippen LogP contribution in [0.5, 0.6) is 0 Å². The van der Waals surface area contributed by atoms with E-state index >= 15 is 0 Å². The number of fused-ring (bicyclic) bond motifs is 1. The average Bonchev–Trinajstić information content (AvgIpc) is 3.09. The van der Waals surface area contributed by atoms with Crippen molar-refractivity contribution in [2.75, 3.05) is 31.1 Å². The molecule has 3 rings (SSSR count). The van der Waals surface area contributed by atoms with Gasteiger partial charge in [0.1, 0.15) is 17.2 Å². The number of aromatic nitrogens is 1. The van der Waals surface area contributed by atoms with Gasteiger partial charge in [-0.25, -0.2) is 18.2 Å². The van der Waals surface area contributed by atoms with Gasteiger partial charge in [-0.1, -0.05) is 25.2 Å². The van der Waals surface area contributed by atoms with Crippen molar-refractivity contribution in [3.8, 4) is 0 Å². The molecule has 0 bridgehead atoms. The van der Waals surface area contributed by atoms with E-state index in [0.717, 1.165) is 30.5 Å². The number of rotatable bonds is 7. The van der Waals surface area contributed by atoms with Crippen LogP contribution in [0, 0.1) is 17.5 Å². The Balaban J connectivity index is 0.00000300. The van der Waals surface area contributed by atoms with Gasteiger partial charge in [-0.05, 0) is 43.4 Å². The zero-order chi connectivity index (χ0) is 20.3. The number of hydrogen-bond donors (Lipinski definition) is 0. The second kappa shape index (κ2) is 10.0. The molecule has 0 fully saturated rings. The van der Waals surface area contributed by atoms with Crippen molar-refractivity contribution in [1.29, 1.82) is 0 Å². The molecule has 0 radical (unpaired) electrons. The molecule has 0 saturated carbocycles. The topological polar surface area (TPSA) is 36.4 Å². The van der Waals surface area contributed by atoms with Gasteiger partial charge in [-0.3, -0.25) is 9.69 Å². The number of nitrogens with zero attached hydrogens (tertiary/aromatic N) is 3. The molecule has 0 aliphatic heterocycles. The first kappa shape index (κ1) is 23.1. The normalized spacial score (nSPS) is 11.0. The van der Waals surface area contributed by atoms with E-state index in [0.29, 0.717) is 23.4 Å². The Kier molecular flexibility index (Phi) is 8.01. The smallest absolute Gasteiger partial charge is 0.260 e. The Morgan fingerprint density at radius 3 is 2.28 bits per heavy atom. The number of thiazole rings is 1. The van der Waals surface area contributed by atoms with Crippen molar-refractivity contribution in [3.63, 3.8) is 0 Å². The molecule has 0 aliphatic carbocycles. The van der Waals surface area contributed by atoms with E-state index in [1.54, 1.807) is 0 Å². The minimum absolute atomic E-state index is 0. The van der Waals surface area contributed by atoms with Crippen molar-refractivity contribution in [2.24, 2.45) is 0 Å². The molecular weight excluding hydrogens is 423 g/mol. The number of benzene rings is 2. The van der Waals surface area contributed by atoms with Crippen LogP contribution in [0.3, 0.4) is 0 Å². The Labute approximate surface area is 177 Å². The van der Waals surface area contributed by atoms with Crippen molar-refractivity contribution in [3.05, 3.63) is 59.4 Å². The molecule has 3 aromatic rings. The summed E-state index contributed by atoms with van der Waals surface area (Å²) in [5.74, 6) is -2.27. The van der Waals surface area contributed by atoms with Gasteiger partial charge >= 0.3 is 0 Å². The third-order valence-electron chi connectivity index (χ3n) is 4.50. The second-order valence-electron chi connectivity index (χ2n) is 6.22. The standard InChI is InChI=1S/C20H20F3N3OS.ClH/c1-3-25(4-2)9-10-26(19(27)13-5-7-14(21)8-6-13)20-24-18-16(23)11-15(22)12-17(18)28-20;/h5-8,11-12H,3-4,9-10H2,1-2H3;1H. The highest BCUT2D eigenvalue weighted by atomic mass is 35.5. The summed E-state index contributed by atoms with van der Waals surface area (Å²) in [7, 11) is 0. The fraction of sp³-hybridized carbons (Fsp3) is 0.300. The zero-order valence-corrected chi connectivity index (χ0v) is 17.6. The molecule has 1 heterocycles. The number of halogens is 4. The van der Waals surface area contributed by atoms with Crippen molar-refractivity contribution < 1.29 is 18.0 Å². The van der Waals surface area contributed by atoms with Crippen LogP contribution in [-0.4, -0.2) is 42.0 Å². The third kappa shape index (κ3) is 5.26. The highest BCUT2D eigenvalue weighted by molar-refractivity contribution is 7.22. The summed E-state index contributed by atoms with van der Waals surface area (Å²) in [5, 5.41) is 0.279. The summed E-state index contributed by atoms with van der Waals surface area (Å²) in [6, 6.07) is 7.19. The summed E-state index contributed by atoms with van der Waals surface area (Å²) in [6.45, 7) is 6.58. The van der Waals surface area contributed by atoms with Crippen LogP contribution >= 0.6 is 23.7 Å². The zero-order valence-electron chi connectivity index (χ0n) is 16.0. The van der Waals surface area contributed by atoms with Crippen LogP contribution in [0.15, 0.2) is 36.4 Å². The Hall–Kier alpha value is -2.16. The van der Waals surface area contributed by atoms with Crippen LogP contribution in [0.4, 0.5) is 18.3 Å². The molecular formula is C20H21ClF3N3OS. The summed E-state index contributed by atoms with van der Waals surface area (Å²) in [4.78, 5) is 20.9. The van der Waals surface area contributed by atoms with Gasteiger partial charge in [0.15, 0.2) is 10.9 Å². The van der Waals surface area contributed by atoms with Gasteiger partial charge in [0.05, 0.1) is 4.70 Å². The lowest BCUT2D eigenvalue weighted by Crippen LogP contribution is -2.38. The van der Waals surface area contributed by atoms with Gasteiger partial charge in [0.2, 0.25) is 0 Å². The van der Waals surface area contributed by atoms with Gasteiger partial charge in [-0.2, -0.15) is 0 Å². The lowest BCUT2D eigenvalue weighted by Gasteiger charge is -2.24. The highest BCUT2D eigenvalue weighted by Gasteiger charge is 2.23. The van der Waals surface area contributed by atoms with Crippen molar-refractivity contribution in [1.82, 2.24) is 9.88 Å². The molecule has 1 amide bonds. The summed E-state index contributed by atoms with van der Waals surface area (Å²) in [5.41, 5.74) is 0.327. The molecule has 156 valence electrons. The summed E-state index contributed by atoms with van der Waals surface area (Å²) in [6.07, 6.45) is 0. The maximum absolute atomic E-state index is 14.1. The molecule has 4 nitrogen and oxygen atoms in total. The molecule has 0 saturated heterocycles. The number of anilines is 1. The van der Waals surface area contributed by atoms with E-state index in [2.05, 4.69) is 9.88 Å². The summed E-state index contributed by atoms with van der Waals surface area (Å²) >= 11 is 1.05. The Bertz CT molecular complexity index is 977. The van der Waals surface area contributed by atoms with Crippen LogP contribution in [0.25, 0.3) is 10.2 Å². The highest BCUT2D eigenvalue weighted by Crippen LogP contribution is 2.32. The SMILES string of the molecule is CCN(CC)CCN(C(=O)c1ccc(F)cc1)c1nc2c(F)cc(F)cc2s1.Cl.